The van der Waals surface area contributed by atoms with Crippen molar-refractivity contribution in [1.82, 2.24) is 0 Å². The molecule has 6 aliphatic carbocycles. The van der Waals surface area contributed by atoms with E-state index in [1.165, 1.54) is 44.5 Å². The molecule has 0 saturated carbocycles. The van der Waals surface area contributed by atoms with Crippen molar-refractivity contribution >= 4 is 5.97 Å². The van der Waals surface area contributed by atoms with Gasteiger partial charge < -0.3 is 4.74 Å². The van der Waals surface area contributed by atoms with E-state index in [9.17, 15) is 4.79 Å². The highest BCUT2D eigenvalue weighted by atomic mass is 16.5. The van der Waals surface area contributed by atoms with Gasteiger partial charge in [0.05, 0.1) is 0 Å². The van der Waals surface area contributed by atoms with Crippen molar-refractivity contribution in [2.75, 3.05) is 0 Å². The molecule has 0 amide bonds. The van der Waals surface area contributed by atoms with Gasteiger partial charge in [0.15, 0.2) is 0 Å². The topological polar surface area (TPSA) is 26.3 Å². The second-order valence-corrected chi connectivity index (χ2v) is 11.6. The summed E-state index contributed by atoms with van der Waals surface area (Å²) in [5.41, 5.74) is 15.8. The monoisotopic (exact) mass is 526 g/mol. The van der Waals surface area contributed by atoms with Crippen molar-refractivity contribution < 1.29 is 9.53 Å². The van der Waals surface area contributed by atoms with Crippen molar-refractivity contribution in [3.05, 3.63) is 169 Å². The van der Waals surface area contributed by atoms with Gasteiger partial charge in [0, 0.05) is 46.8 Å². The largest absolute Gasteiger partial charge is 0.426 e. The van der Waals surface area contributed by atoms with E-state index >= 15 is 0 Å². The van der Waals surface area contributed by atoms with Crippen LogP contribution in [0.15, 0.2) is 97.1 Å². The first kappa shape index (κ1) is 22.9. The maximum atomic E-state index is 13.2. The molecule has 5 aromatic carbocycles. The minimum Gasteiger partial charge on any atom is -0.426 e. The Morgan fingerprint density at radius 2 is 0.878 bits per heavy atom. The predicted octanol–water partition coefficient (Wildman–Crippen LogP) is 7.96. The molecule has 0 atom stereocenters. The SMILES string of the molecule is C#Cc1c2c(c(OC(=O)CC)c3c1C1c4ccccc4C3c3ccccc31)C1c3ccccc3C2c2ccccc21. The fourth-order valence-corrected chi connectivity index (χ4v) is 8.49. The lowest BCUT2D eigenvalue weighted by molar-refractivity contribution is -0.134. The lowest BCUT2D eigenvalue weighted by Crippen LogP contribution is -2.35. The van der Waals surface area contributed by atoms with Gasteiger partial charge >= 0.3 is 5.97 Å². The van der Waals surface area contributed by atoms with Crippen molar-refractivity contribution in [3.63, 3.8) is 0 Å². The molecule has 194 valence electrons. The zero-order valence-corrected chi connectivity index (χ0v) is 22.6. The maximum Gasteiger partial charge on any atom is 0.310 e. The van der Waals surface area contributed by atoms with Gasteiger partial charge in [-0.15, -0.1) is 6.42 Å². The predicted molar refractivity (Wildman–Crippen MR) is 160 cm³/mol. The number of carbonyl (C=O) groups excluding carboxylic acids is 1. The van der Waals surface area contributed by atoms with Crippen molar-refractivity contribution in [3.8, 4) is 18.1 Å². The minimum atomic E-state index is -0.214. The smallest absolute Gasteiger partial charge is 0.310 e. The van der Waals surface area contributed by atoms with Crippen LogP contribution in [0.3, 0.4) is 0 Å². The summed E-state index contributed by atoms with van der Waals surface area (Å²) in [6.07, 6.45) is 6.87. The van der Waals surface area contributed by atoms with Crippen LogP contribution in [0.5, 0.6) is 5.75 Å². The zero-order chi connectivity index (χ0) is 27.4. The molecule has 0 aromatic heterocycles. The molecule has 0 radical (unpaired) electrons. The average molecular weight is 527 g/mol. The average Bonchev–Trinajstić information content (AvgIpc) is 3.04. The molecule has 0 unspecified atom stereocenters. The summed E-state index contributed by atoms with van der Waals surface area (Å²) in [7, 11) is 0. The van der Waals surface area contributed by atoms with Gasteiger partial charge in [-0.3, -0.25) is 4.79 Å². The summed E-state index contributed by atoms with van der Waals surface area (Å²) < 4.78 is 6.52. The fourth-order valence-electron chi connectivity index (χ4n) is 8.49. The van der Waals surface area contributed by atoms with E-state index in [1.54, 1.807) is 0 Å². The molecule has 2 nitrogen and oxygen atoms in total. The molecular weight excluding hydrogens is 500 g/mol. The van der Waals surface area contributed by atoms with E-state index in [-0.39, 0.29) is 29.6 Å². The summed E-state index contributed by atoms with van der Waals surface area (Å²) in [4.78, 5) is 13.2. The molecule has 0 N–H and O–H groups in total. The van der Waals surface area contributed by atoms with Gasteiger partial charge in [-0.1, -0.05) is 110 Å². The highest BCUT2D eigenvalue weighted by Gasteiger charge is 2.51. The van der Waals surface area contributed by atoms with Crippen molar-refractivity contribution in [1.29, 1.82) is 0 Å². The third-order valence-electron chi connectivity index (χ3n) is 9.88. The summed E-state index contributed by atoms with van der Waals surface area (Å²) in [6.45, 7) is 1.87. The molecule has 6 aliphatic rings. The molecule has 0 spiro atoms. The Bertz CT molecular complexity index is 1800. The van der Waals surface area contributed by atoms with E-state index in [1.807, 2.05) is 6.92 Å². The van der Waals surface area contributed by atoms with Crippen LogP contribution in [0.25, 0.3) is 0 Å². The number of terminal acetylenes is 1. The van der Waals surface area contributed by atoms with Crippen molar-refractivity contribution in [2.45, 2.75) is 37.0 Å². The molecule has 0 aliphatic heterocycles. The molecule has 5 aromatic rings. The van der Waals surface area contributed by atoms with Gasteiger partial charge in [-0.25, -0.2) is 0 Å². The van der Waals surface area contributed by atoms with Gasteiger partial charge in [-0.2, -0.15) is 0 Å². The zero-order valence-electron chi connectivity index (χ0n) is 22.6. The van der Waals surface area contributed by atoms with Crippen LogP contribution >= 0.6 is 0 Å². The third-order valence-corrected chi connectivity index (χ3v) is 9.88. The summed E-state index contributed by atoms with van der Waals surface area (Å²) in [5, 5.41) is 0. The number of benzene rings is 5. The first-order chi connectivity index (χ1) is 20.2. The quantitative estimate of drug-likeness (QED) is 0.130. The summed E-state index contributed by atoms with van der Waals surface area (Å²) >= 11 is 0. The Morgan fingerprint density at radius 1 is 0.585 bits per heavy atom. The third kappa shape index (κ3) is 2.72. The fraction of sp³-hybridized carbons (Fsp3) is 0.154. The lowest BCUT2D eigenvalue weighted by Gasteiger charge is -2.48. The van der Waals surface area contributed by atoms with Crippen LogP contribution < -0.4 is 4.74 Å². The van der Waals surface area contributed by atoms with Crippen LogP contribution in [0.4, 0.5) is 0 Å². The van der Waals surface area contributed by atoms with E-state index < -0.39 is 0 Å². The highest BCUT2D eigenvalue weighted by molar-refractivity contribution is 5.84. The van der Waals surface area contributed by atoms with Crippen LogP contribution in [0, 0.1) is 12.3 Å². The van der Waals surface area contributed by atoms with Crippen LogP contribution in [-0.2, 0) is 4.79 Å². The Kier molecular flexibility index (Phi) is 4.52. The van der Waals surface area contributed by atoms with Gasteiger partial charge in [-0.05, 0) is 55.6 Å². The molecule has 0 saturated heterocycles. The Hall–Kier alpha value is -4.87. The second kappa shape index (κ2) is 8.09. The number of hydrogen-bond donors (Lipinski definition) is 0. The number of hydrogen-bond acceptors (Lipinski definition) is 2. The molecule has 11 rings (SSSR count). The van der Waals surface area contributed by atoms with E-state index in [0.717, 1.165) is 33.6 Å². The number of ether oxygens (including phenoxy) is 1. The first-order valence-electron chi connectivity index (χ1n) is 14.5. The Balaban J connectivity index is 1.47. The second-order valence-electron chi connectivity index (χ2n) is 11.6. The molecule has 41 heavy (non-hydrogen) atoms. The van der Waals surface area contributed by atoms with Crippen LogP contribution in [0.2, 0.25) is 0 Å². The normalized spacial score (nSPS) is 21.0. The van der Waals surface area contributed by atoms with Gasteiger partial charge in [0.1, 0.15) is 5.75 Å². The van der Waals surface area contributed by atoms with Crippen LogP contribution in [0.1, 0.15) is 109 Å². The van der Waals surface area contributed by atoms with Crippen LogP contribution in [-0.4, -0.2) is 5.97 Å². The number of esters is 1. The highest BCUT2D eigenvalue weighted by Crippen LogP contribution is 2.65. The van der Waals surface area contributed by atoms with E-state index in [4.69, 9.17) is 11.2 Å². The number of rotatable bonds is 2. The molecular formula is C39H26O2. The first-order valence-corrected chi connectivity index (χ1v) is 14.5. The Morgan fingerprint density at radius 3 is 1.15 bits per heavy atom. The van der Waals surface area contributed by atoms with Gasteiger partial charge in [0.25, 0.3) is 0 Å². The molecule has 4 bridgehead atoms. The number of carbonyl (C=O) groups is 1. The van der Waals surface area contributed by atoms with E-state index in [0.29, 0.717) is 6.42 Å². The molecule has 2 heteroatoms. The van der Waals surface area contributed by atoms with Crippen molar-refractivity contribution in [2.24, 2.45) is 0 Å². The Labute approximate surface area is 239 Å². The maximum absolute atomic E-state index is 13.2. The molecule has 0 fully saturated rings. The standard InChI is InChI=1S/C39H26O2/c1-3-21-35-31-22-13-5-9-17-26(22)33(27-18-10-6-14-23(27)31)37(35)39(41-30(40)4-2)38-34-28-19-11-7-15-24(28)32(36(21)38)25-16-8-12-20-29(25)34/h1,5-20,31-34H,4H2,2H3. The van der Waals surface area contributed by atoms with Gasteiger partial charge in [0.2, 0.25) is 0 Å². The molecule has 0 heterocycles. The summed E-state index contributed by atoms with van der Waals surface area (Å²) in [6, 6.07) is 34.9. The lowest BCUT2D eigenvalue weighted by atomic mass is 9.54. The summed E-state index contributed by atoms with van der Waals surface area (Å²) in [5.74, 6) is 3.63. The van der Waals surface area contributed by atoms with E-state index in [2.05, 4.69) is 103 Å². The minimum absolute atomic E-state index is 0.0104.